The lowest BCUT2D eigenvalue weighted by atomic mass is 10.2. The van der Waals surface area contributed by atoms with Gasteiger partial charge in [0.2, 0.25) is 0 Å². The van der Waals surface area contributed by atoms with Crippen molar-refractivity contribution in [2.75, 3.05) is 23.8 Å². The van der Waals surface area contributed by atoms with Crippen LogP contribution in [0.15, 0.2) is 29.2 Å². The molecule has 5 nitrogen and oxygen atoms in total. The van der Waals surface area contributed by atoms with E-state index in [0.717, 1.165) is 6.42 Å². The van der Waals surface area contributed by atoms with Crippen LogP contribution in [-0.4, -0.2) is 39.3 Å². The minimum atomic E-state index is -3.27. The number of hydrogen-bond donors (Lipinski definition) is 0. The normalized spacial score (nSPS) is 25.1. The monoisotopic (exact) mass is 281 g/mol. The standard InChI is InChI=1S/C13H15NO4S/c15-13(11-5-3-8-18-11)14-7-9-19(16,17)12-6-2-1-4-10(12)14/h1-2,4,6,11H,3,5,7-9H2. The van der Waals surface area contributed by atoms with E-state index in [0.29, 0.717) is 18.7 Å². The summed E-state index contributed by atoms with van der Waals surface area (Å²) < 4.78 is 29.4. The number of carbonyl (C=O) groups excluding carboxylic acids is 1. The van der Waals surface area contributed by atoms with Gasteiger partial charge >= 0.3 is 0 Å². The highest BCUT2D eigenvalue weighted by molar-refractivity contribution is 7.91. The molecule has 1 saturated heterocycles. The predicted octanol–water partition coefficient (Wildman–Crippen LogP) is 0.986. The first-order valence-electron chi connectivity index (χ1n) is 6.34. The zero-order valence-corrected chi connectivity index (χ0v) is 11.2. The van der Waals surface area contributed by atoms with Crippen LogP contribution in [0.3, 0.4) is 0 Å². The van der Waals surface area contributed by atoms with E-state index in [1.54, 1.807) is 29.2 Å². The van der Waals surface area contributed by atoms with E-state index in [2.05, 4.69) is 0 Å². The quantitative estimate of drug-likeness (QED) is 0.770. The first kappa shape index (κ1) is 12.6. The minimum absolute atomic E-state index is 0.0253. The Kier molecular flexibility index (Phi) is 3.06. The fourth-order valence-corrected chi connectivity index (χ4v) is 3.99. The van der Waals surface area contributed by atoms with Gasteiger partial charge in [-0.3, -0.25) is 4.79 Å². The zero-order chi connectivity index (χ0) is 13.5. The summed E-state index contributed by atoms with van der Waals surface area (Å²) in [6.45, 7) is 0.808. The molecule has 0 N–H and O–H groups in total. The Morgan fingerprint density at radius 1 is 1.32 bits per heavy atom. The van der Waals surface area contributed by atoms with Gasteiger partial charge in [0.15, 0.2) is 9.84 Å². The molecule has 2 aliphatic rings. The van der Waals surface area contributed by atoms with Crippen LogP contribution in [0, 0.1) is 0 Å². The van der Waals surface area contributed by atoms with Gasteiger partial charge in [-0.05, 0) is 25.0 Å². The van der Waals surface area contributed by atoms with Crippen molar-refractivity contribution >= 4 is 21.4 Å². The number of benzene rings is 1. The van der Waals surface area contributed by atoms with Gasteiger partial charge in [0.1, 0.15) is 6.10 Å². The van der Waals surface area contributed by atoms with Gasteiger partial charge in [0.05, 0.1) is 16.3 Å². The predicted molar refractivity (Wildman–Crippen MR) is 69.8 cm³/mol. The van der Waals surface area contributed by atoms with Gasteiger partial charge in [0.25, 0.3) is 5.91 Å². The van der Waals surface area contributed by atoms with E-state index in [9.17, 15) is 13.2 Å². The van der Waals surface area contributed by atoms with E-state index < -0.39 is 15.9 Å². The molecule has 6 heteroatoms. The topological polar surface area (TPSA) is 63.7 Å². The Balaban J connectivity index is 1.98. The second-order valence-electron chi connectivity index (χ2n) is 4.78. The van der Waals surface area contributed by atoms with E-state index in [-0.39, 0.29) is 23.1 Å². The van der Waals surface area contributed by atoms with Crippen LogP contribution in [0.2, 0.25) is 0 Å². The number of amides is 1. The largest absolute Gasteiger partial charge is 0.368 e. The number of ether oxygens (including phenoxy) is 1. The zero-order valence-electron chi connectivity index (χ0n) is 10.4. The Labute approximate surface area is 112 Å². The number of hydrogen-bond acceptors (Lipinski definition) is 4. The average molecular weight is 281 g/mol. The number of rotatable bonds is 1. The van der Waals surface area contributed by atoms with Crippen LogP contribution in [0.1, 0.15) is 12.8 Å². The molecule has 2 aliphatic heterocycles. The maximum Gasteiger partial charge on any atom is 0.256 e. The SMILES string of the molecule is O=C(C1CCCO1)N1CCS(=O)(=O)c2ccccc21. The van der Waals surface area contributed by atoms with Crippen molar-refractivity contribution in [1.29, 1.82) is 0 Å². The molecule has 102 valence electrons. The van der Waals surface area contributed by atoms with E-state index in [1.165, 1.54) is 0 Å². The Morgan fingerprint density at radius 3 is 2.84 bits per heavy atom. The third-order valence-corrected chi connectivity index (χ3v) is 5.28. The first-order valence-corrected chi connectivity index (χ1v) is 7.99. The molecule has 3 rings (SSSR count). The van der Waals surface area contributed by atoms with Crippen LogP contribution in [-0.2, 0) is 19.4 Å². The van der Waals surface area contributed by atoms with Gasteiger partial charge < -0.3 is 9.64 Å². The second-order valence-corrected chi connectivity index (χ2v) is 6.86. The highest BCUT2D eigenvalue weighted by Crippen LogP contribution is 2.31. The van der Waals surface area contributed by atoms with Crippen molar-refractivity contribution < 1.29 is 17.9 Å². The molecule has 2 heterocycles. The van der Waals surface area contributed by atoms with E-state index in [4.69, 9.17) is 4.74 Å². The molecule has 0 aliphatic carbocycles. The molecular formula is C13H15NO4S. The molecule has 0 bridgehead atoms. The molecule has 0 radical (unpaired) electrons. The summed E-state index contributed by atoms with van der Waals surface area (Å²) in [5.41, 5.74) is 0.481. The Bertz CT molecular complexity index is 605. The van der Waals surface area contributed by atoms with Gasteiger partial charge in [-0.2, -0.15) is 0 Å². The lowest BCUT2D eigenvalue weighted by Crippen LogP contribution is -2.44. The van der Waals surface area contributed by atoms with Gasteiger partial charge in [-0.1, -0.05) is 12.1 Å². The highest BCUT2D eigenvalue weighted by Gasteiger charge is 2.35. The average Bonchev–Trinajstić information content (AvgIpc) is 2.92. The summed E-state index contributed by atoms with van der Waals surface area (Å²) >= 11 is 0. The summed E-state index contributed by atoms with van der Waals surface area (Å²) in [7, 11) is -3.27. The van der Waals surface area contributed by atoms with Crippen molar-refractivity contribution in [2.45, 2.75) is 23.8 Å². The number of carbonyl (C=O) groups is 1. The molecule has 1 unspecified atom stereocenters. The fraction of sp³-hybridized carbons (Fsp3) is 0.462. The molecular weight excluding hydrogens is 266 g/mol. The van der Waals surface area contributed by atoms with Crippen molar-refractivity contribution in [3.8, 4) is 0 Å². The number of fused-ring (bicyclic) bond motifs is 1. The van der Waals surface area contributed by atoms with E-state index in [1.807, 2.05) is 0 Å². The van der Waals surface area contributed by atoms with Crippen molar-refractivity contribution in [2.24, 2.45) is 0 Å². The molecule has 0 spiro atoms. The van der Waals surface area contributed by atoms with Gasteiger partial charge in [0, 0.05) is 13.2 Å². The summed E-state index contributed by atoms with van der Waals surface area (Å²) in [6, 6.07) is 6.66. The van der Waals surface area contributed by atoms with Crippen molar-refractivity contribution in [3.05, 3.63) is 24.3 Å². The van der Waals surface area contributed by atoms with Gasteiger partial charge in [-0.15, -0.1) is 0 Å². The molecule has 1 amide bonds. The minimum Gasteiger partial charge on any atom is -0.368 e. The molecule has 1 atom stereocenters. The molecule has 1 fully saturated rings. The summed E-state index contributed by atoms with van der Waals surface area (Å²) in [4.78, 5) is 14.2. The van der Waals surface area contributed by atoms with Crippen LogP contribution in [0.25, 0.3) is 0 Å². The molecule has 19 heavy (non-hydrogen) atoms. The fourth-order valence-electron chi connectivity index (χ4n) is 2.56. The maximum absolute atomic E-state index is 12.4. The third kappa shape index (κ3) is 2.15. The summed E-state index contributed by atoms with van der Waals surface area (Å²) in [5, 5.41) is 0. The van der Waals surface area contributed by atoms with Crippen LogP contribution in [0.4, 0.5) is 5.69 Å². The number of sulfone groups is 1. The number of nitrogens with zero attached hydrogens (tertiary/aromatic N) is 1. The molecule has 1 aromatic carbocycles. The summed E-state index contributed by atoms with van der Waals surface area (Å²) in [6.07, 6.45) is 1.17. The lowest BCUT2D eigenvalue weighted by molar-refractivity contribution is -0.127. The number of para-hydroxylation sites is 1. The third-order valence-electron chi connectivity index (χ3n) is 3.55. The first-order chi connectivity index (χ1) is 9.09. The van der Waals surface area contributed by atoms with E-state index >= 15 is 0 Å². The Morgan fingerprint density at radius 2 is 2.11 bits per heavy atom. The lowest BCUT2D eigenvalue weighted by Gasteiger charge is -2.30. The number of anilines is 1. The van der Waals surface area contributed by atoms with Gasteiger partial charge in [-0.25, -0.2) is 8.42 Å². The van der Waals surface area contributed by atoms with Crippen molar-refractivity contribution in [1.82, 2.24) is 0 Å². The summed E-state index contributed by atoms with van der Waals surface area (Å²) in [5.74, 6) is -0.150. The maximum atomic E-state index is 12.4. The molecule has 0 aromatic heterocycles. The van der Waals surface area contributed by atoms with Crippen LogP contribution < -0.4 is 4.90 Å². The smallest absolute Gasteiger partial charge is 0.256 e. The van der Waals surface area contributed by atoms with Crippen molar-refractivity contribution in [3.63, 3.8) is 0 Å². The molecule has 0 saturated carbocycles. The van der Waals surface area contributed by atoms with Crippen LogP contribution >= 0.6 is 0 Å². The second kappa shape index (κ2) is 4.61. The molecule has 1 aromatic rings. The highest BCUT2D eigenvalue weighted by atomic mass is 32.2. The van der Waals surface area contributed by atoms with Crippen LogP contribution in [0.5, 0.6) is 0 Å². The Hall–Kier alpha value is -1.40.